The van der Waals surface area contributed by atoms with Crippen molar-refractivity contribution in [1.82, 2.24) is 4.83 Å². The van der Waals surface area contributed by atoms with Crippen LogP contribution in [0.1, 0.15) is 31.7 Å². The molecule has 1 aromatic carbocycles. The number of hydrazone groups is 1. The van der Waals surface area contributed by atoms with E-state index in [-0.39, 0.29) is 4.90 Å². The largest absolute Gasteiger partial charge is 0.276 e. The number of sulfonamides is 1. The zero-order valence-corrected chi connectivity index (χ0v) is 13.8. The molecular formula is C17H22N2O2S. The maximum Gasteiger partial charge on any atom is 0.276 e. The Morgan fingerprint density at radius 2 is 1.73 bits per heavy atom. The quantitative estimate of drug-likeness (QED) is 0.685. The van der Waals surface area contributed by atoms with Crippen molar-refractivity contribution in [2.24, 2.45) is 34.7 Å². The third-order valence-electron chi connectivity index (χ3n) is 5.89. The molecule has 0 heterocycles. The monoisotopic (exact) mass is 318 g/mol. The summed E-state index contributed by atoms with van der Waals surface area (Å²) in [5.41, 5.74) is 2.00. The summed E-state index contributed by atoms with van der Waals surface area (Å²) in [6.45, 7) is 3.91. The van der Waals surface area contributed by atoms with Gasteiger partial charge in [0.2, 0.25) is 0 Å². The van der Waals surface area contributed by atoms with E-state index in [1.807, 2.05) is 13.8 Å². The highest BCUT2D eigenvalue weighted by Gasteiger charge is 2.65. The lowest BCUT2D eigenvalue weighted by molar-refractivity contribution is 0.456. The fourth-order valence-electron chi connectivity index (χ4n) is 4.86. The lowest BCUT2D eigenvalue weighted by atomic mass is 10.0. The van der Waals surface area contributed by atoms with E-state index < -0.39 is 10.0 Å². The summed E-state index contributed by atoms with van der Waals surface area (Å²) >= 11 is 0. The zero-order valence-electron chi connectivity index (χ0n) is 13.0. The molecule has 5 atom stereocenters. The van der Waals surface area contributed by atoms with Crippen LogP contribution in [0, 0.1) is 36.5 Å². The fraction of sp³-hybridized carbons (Fsp3) is 0.588. The molecule has 3 saturated carbocycles. The van der Waals surface area contributed by atoms with Gasteiger partial charge in [0.15, 0.2) is 0 Å². The van der Waals surface area contributed by atoms with Crippen LogP contribution in [-0.4, -0.2) is 14.1 Å². The normalized spacial score (nSPS) is 36.3. The molecule has 0 saturated heterocycles. The molecule has 118 valence electrons. The van der Waals surface area contributed by atoms with E-state index in [9.17, 15) is 8.42 Å². The Morgan fingerprint density at radius 1 is 1.14 bits per heavy atom. The number of rotatable bonds is 4. The van der Waals surface area contributed by atoms with Gasteiger partial charge < -0.3 is 0 Å². The van der Waals surface area contributed by atoms with Crippen LogP contribution in [0.4, 0.5) is 0 Å². The Hall–Kier alpha value is -1.36. The van der Waals surface area contributed by atoms with Crippen molar-refractivity contribution in [3.05, 3.63) is 29.8 Å². The molecule has 22 heavy (non-hydrogen) atoms. The molecule has 1 unspecified atom stereocenters. The van der Waals surface area contributed by atoms with Gasteiger partial charge in [0, 0.05) is 11.6 Å². The zero-order chi connectivity index (χ0) is 15.5. The molecule has 4 nitrogen and oxygen atoms in total. The lowest BCUT2D eigenvalue weighted by Gasteiger charge is -2.09. The molecule has 0 aromatic heterocycles. The predicted molar refractivity (Wildman–Crippen MR) is 85.9 cm³/mol. The third-order valence-corrected chi connectivity index (χ3v) is 7.12. The highest BCUT2D eigenvalue weighted by atomic mass is 32.2. The lowest BCUT2D eigenvalue weighted by Crippen LogP contribution is -2.21. The predicted octanol–water partition coefficient (Wildman–Crippen LogP) is 2.94. The second-order valence-electron chi connectivity index (χ2n) is 7.17. The maximum absolute atomic E-state index is 12.3. The van der Waals surface area contributed by atoms with E-state index in [0.29, 0.717) is 5.92 Å². The van der Waals surface area contributed by atoms with Gasteiger partial charge in [-0.05, 0) is 68.9 Å². The van der Waals surface area contributed by atoms with Crippen molar-refractivity contribution in [2.45, 2.75) is 38.0 Å². The number of nitrogens with one attached hydrogen (secondary N) is 1. The summed E-state index contributed by atoms with van der Waals surface area (Å²) in [5.74, 6) is 3.84. The van der Waals surface area contributed by atoms with Crippen molar-refractivity contribution in [3.63, 3.8) is 0 Å². The van der Waals surface area contributed by atoms with E-state index in [0.717, 1.165) is 34.9 Å². The second-order valence-corrected chi connectivity index (χ2v) is 8.84. The van der Waals surface area contributed by atoms with Gasteiger partial charge in [0.1, 0.15) is 0 Å². The van der Waals surface area contributed by atoms with Gasteiger partial charge in [-0.25, -0.2) is 4.83 Å². The topological polar surface area (TPSA) is 58.5 Å². The molecule has 1 aromatic rings. The number of aryl methyl sites for hydroxylation is 1. The summed E-state index contributed by atoms with van der Waals surface area (Å²) in [6, 6.07) is 6.84. The van der Waals surface area contributed by atoms with Crippen molar-refractivity contribution in [3.8, 4) is 0 Å². The molecule has 4 rings (SSSR count). The summed E-state index contributed by atoms with van der Waals surface area (Å²) in [6.07, 6.45) is 4.13. The Labute approximate surface area is 132 Å². The summed E-state index contributed by atoms with van der Waals surface area (Å²) in [4.78, 5) is 2.68. The molecule has 5 heteroatoms. The van der Waals surface area contributed by atoms with E-state index in [2.05, 4.69) is 9.93 Å². The smallest absolute Gasteiger partial charge is 0.200 e. The Bertz CT molecular complexity index is 708. The molecular weight excluding hydrogens is 296 g/mol. The first kappa shape index (κ1) is 14.2. The summed E-state index contributed by atoms with van der Waals surface area (Å²) < 4.78 is 24.5. The minimum atomic E-state index is -3.55. The Balaban J connectivity index is 1.46. The van der Waals surface area contributed by atoms with Crippen LogP contribution in [0.15, 0.2) is 34.3 Å². The second kappa shape index (κ2) is 4.82. The van der Waals surface area contributed by atoms with Crippen molar-refractivity contribution in [2.75, 3.05) is 0 Å². The molecule has 0 amide bonds. The first-order valence-electron chi connectivity index (χ1n) is 8.10. The van der Waals surface area contributed by atoms with Crippen LogP contribution in [0.3, 0.4) is 0 Å². The SMILES string of the molecule is C/C(=N\NS(=O)(=O)c1ccc(C)cc1)C1[C@@H]2[C@H]3CC[C@H](C3)[C@H]12. The van der Waals surface area contributed by atoms with Crippen LogP contribution in [0.2, 0.25) is 0 Å². The van der Waals surface area contributed by atoms with Crippen LogP contribution >= 0.6 is 0 Å². The molecule has 1 N–H and O–H groups in total. The van der Waals surface area contributed by atoms with E-state index in [4.69, 9.17) is 0 Å². The third kappa shape index (κ3) is 2.18. The van der Waals surface area contributed by atoms with Gasteiger partial charge in [-0.1, -0.05) is 17.7 Å². The summed E-state index contributed by atoms with van der Waals surface area (Å²) in [5, 5.41) is 4.21. The molecule has 0 aliphatic heterocycles. The van der Waals surface area contributed by atoms with Crippen molar-refractivity contribution in [1.29, 1.82) is 0 Å². The highest BCUT2D eigenvalue weighted by molar-refractivity contribution is 7.89. The number of nitrogens with zero attached hydrogens (tertiary/aromatic N) is 1. The van der Waals surface area contributed by atoms with Gasteiger partial charge >= 0.3 is 0 Å². The minimum Gasteiger partial charge on any atom is -0.200 e. The van der Waals surface area contributed by atoms with Crippen LogP contribution in [0.25, 0.3) is 0 Å². The average Bonchev–Trinajstić information content (AvgIpc) is 2.93. The fourth-order valence-corrected chi connectivity index (χ4v) is 5.72. The van der Waals surface area contributed by atoms with E-state index in [1.165, 1.54) is 19.3 Å². The van der Waals surface area contributed by atoms with E-state index >= 15 is 0 Å². The van der Waals surface area contributed by atoms with Crippen LogP contribution in [-0.2, 0) is 10.0 Å². The average molecular weight is 318 g/mol. The standard InChI is InChI=1S/C17H22N2O2S/c1-10-3-7-14(8-4-10)22(20,21)19-18-11(2)15-16-12-5-6-13(9-12)17(15)16/h3-4,7-8,12-13,15-17,19H,5-6,9H2,1-2H3/b18-11+/t12-,13+,15?,16-,17+. The molecule has 0 spiro atoms. The van der Waals surface area contributed by atoms with Crippen molar-refractivity contribution >= 4 is 15.7 Å². The first-order valence-corrected chi connectivity index (χ1v) is 9.58. The Kier molecular flexibility index (Phi) is 3.12. The van der Waals surface area contributed by atoms with Gasteiger partial charge in [-0.15, -0.1) is 0 Å². The van der Waals surface area contributed by atoms with Gasteiger partial charge in [0.05, 0.1) is 4.90 Å². The summed E-state index contributed by atoms with van der Waals surface area (Å²) in [7, 11) is -3.55. The van der Waals surface area contributed by atoms with Gasteiger partial charge in [-0.2, -0.15) is 13.5 Å². The minimum absolute atomic E-state index is 0.269. The van der Waals surface area contributed by atoms with Gasteiger partial charge in [-0.3, -0.25) is 0 Å². The molecule has 2 bridgehead atoms. The number of fused-ring (bicyclic) bond motifs is 5. The molecule has 3 aliphatic carbocycles. The van der Waals surface area contributed by atoms with Gasteiger partial charge in [0.25, 0.3) is 10.0 Å². The Morgan fingerprint density at radius 3 is 2.32 bits per heavy atom. The highest BCUT2D eigenvalue weighted by Crippen LogP contribution is 2.69. The number of hydrogen-bond donors (Lipinski definition) is 1. The van der Waals surface area contributed by atoms with Crippen LogP contribution in [0.5, 0.6) is 0 Å². The molecule has 0 radical (unpaired) electrons. The molecule has 3 aliphatic rings. The molecule has 3 fully saturated rings. The van der Waals surface area contributed by atoms with Crippen molar-refractivity contribution < 1.29 is 8.42 Å². The van der Waals surface area contributed by atoms with Crippen LogP contribution < -0.4 is 4.83 Å². The number of hydrogen-bond acceptors (Lipinski definition) is 3. The number of benzene rings is 1. The first-order chi connectivity index (χ1) is 10.5. The van der Waals surface area contributed by atoms with E-state index in [1.54, 1.807) is 24.3 Å². The maximum atomic E-state index is 12.3.